The number of rotatable bonds is 3. The third kappa shape index (κ3) is 2.60. The zero-order valence-corrected chi connectivity index (χ0v) is 9.55. The second kappa shape index (κ2) is 4.51. The molecular weight excluding hydrogens is 216 g/mol. The molecule has 0 saturated heterocycles. The van der Waals surface area contributed by atoms with Crippen molar-refractivity contribution in [2.75, 3.05) is 0 Å². The van der Waals surface area contributed by atoms with Crippen molar-refractivity contribution in [3.8, 4) is 0 Å². The molecule has 4 nitrogen and oxygen atoms in total. The van der Waals surface area contributed by atoms with Gasteiger partial charge in [-0.3, -0.25) is 9.78 Å². The number of nitrogens with zero attached hydrogens (tertiary/aromatic N) is 1. The molecule has 3 N–H and O–H groups in total. The maximum Gasteiger partial charge on any atom is 0.320 e. The van der Waals surface area contributed by atoms with Crippen LogP contribution in [0.1, 0.15) is 11.3 Å². The Morgan fingerprint density at radius 3 is 2.88 bits per heavy atom. The summed E-state index contributed by atoms with van der Waals surface area (Å²) in [7, 11) is 0. The first kappa shape index (κ1) is 11.5. The molecule has 0 bridgehead atoms. The Balaban J connectivity index is 2.32. The predicted octanol–water partition coefficient (Wildman–Crippen LogP) is 1.50. The molecule has 2 rings (SSSR count). The van der Waals surface area contributed by atoms with Gasteiger partial charge in [-0.1, -0.05) is 12.1 Å². The van der Waals surface area contributed by atoms with E-state index in [0.717, 1.165) is 22.2 Å². The lowest BCUT2D eigenvalue weighted by atomic mass is 10.0. The van der Waals surface area contributed by atoms with Crippen LogP contribution in [-0.4, -0.2) is 22.1 Å². The lowest BCUT2D eigenvalue weighted by Gasteiger charge is -2.07. The van der Waals surface area contributed by atoms with Crippen LogP contribution in [0, 0.1) is 6.92 Å². The fraction of sp³-hybridized carbons (Fsp3) is 0.231. The van der Waals surface area contributed by atoms with Gasteiger partial charge in [-0.05, 0) is 37.1 Å². The van der Waals surface area contributed by atoms with Crippen molar-refractivity contribution in [2.24, 2.45) is 5.73 Å². The molecule has 0 fully saturated rings. The molecule has 0 saturated carbocycles. The standard InChI is InChI=1S/C13H14N2O2/c1-8-2-4-10-6-9(3-5-12(10)15-8)7-11(14)13(16)17/h2-6,11H,7,14H2,1H3,(H,16,17)/t11-/m0/s1. The van der Waals surface area contributed by atoms with Gasteiger partial charge in [0, 0.05) is 11.1 Å². The van der Waals surface area contributed by atoms with E-state index in [4.69, 9.17) is 10.8 Å². The number of fused-ring (bicyclic) bond motifs is 1. The van der Waals surface area contributed by atoms with Crippen molar-refractivity contribution in [1.29, 1.82) is 0 Å². The van der Waals surface area contributed by atoms with Gasteiger partial charge in [-0.25, -0.2) is 0 Å². The van der Waals surface area contributed by atoms with E-state index in [-0.39, 0.29) is 0 Å². The summed E-state index contributed by atoms with van der Waals surface area (Å²) < 4.78 is 0. The molecule has 1 atom stereocenters. The Hall–Kier alpha value is -1.94. The number of nitrogens with two attached hydrogens (primary N) is 1. The van der Waals surface area contributed by atoms with Crippen molar-refractivity contribution in [3.05, 3.63) is 41.6 Å². The van der Waals surface area contributed by atoms with Gasteiger partial charge in [0.25, 0.3) is 0 Å². The van der Waals surface area contributed by atoms with Gasteiger partial charge in [0.15, 0.2) is 0 Å². The van der Waals surface area contributed by atoms with Gasteiger partial charge < -0.3 is 10.8 Å². The Kier molecular flexibility index (Phi) is 3.06. The third-order valence-electron chi connectivity index (χ3n) is 2.67. The number of benzene rings is 1. The summed E-state index contributed by atoms with van der Waals surface area (Å²) in [5.41, 5.74) is 8.30. The molecule has 0 aliphatic rings. The molecule has 0 unspecified atom stereocenters. The minimum Gasteiger partial charge on any atom is -0.480 e. The molecule has 0 amide bonds. The summed E-state index contributed by atoms with van der Waals surface area (Å²) in [6.07, 6.45) is 0.332. The molecule has 88 valence electrons. The first-order valence-electron chi connectivity index (χ1n) is 5.41. The first-order valence-corrected chi connectivity index (χ1v) is 5.41. The van der Waals surface area contributed by atoms with Crippen LogP contribution >= 0.6 is 0 Å². The molecular formula is C13H14N2O2. The van der Waals surface area contributed by atoms with Gasteiger partial charge in [-0.2, -0.15) is 0 Å². The summed E-state index contributed by atoms with van der Waals surface area (Å²) in [5, 5.41) is 9.76. The topological polar surface area (TPSA) is 76.2 Å². The van der Waals surface area contributed by atoms with Crippen molar-refractivity contribution in [1.82, 2.24) is 4.98 Å². The van der Waals surface area contributed by atoms with Gasteiger partial charge in [0.05, 0.1) is 5.52 Å². The van der Waals surface area contributed by atoms with Crippen LogP contribution in [0.3, 0.4) is 0 Å². The quantitative estimate of drug-likeness (QED) is 0.837. The number of carboxylic acids is 1. The van der Waals surface area contributed by atoms with E-state index in [2.05, 4.69) is 4.98 Å². The average molecular weight is 230 g/mol. The van der Waals surface area contributed by atoms with Crippen molar-refractivity contribution in [3.63, 3.8) is 0 Å². The largest absolute Gasteiger partial charge is 0.480 e. The number of hydrogen-bond donors (Lipinski definition) is 2. The lowest BCUT2D eigenvalue weighted by molar-refractivity contribution is -0.138. The van der Waals surface area contributed by atoms with E-state index in [0.29, 0.717) is 6.42 Å². The van der Waals surface area contributed by atoms with Crippen LogP contribution in [0.25, 0.3) is 10.9 Å². The highest BCUT2D eigenvalue weighted by Crippen LogP contribution is 2.15. The molecule has 1 aromatic carbocycles. The monoisotopic (exact) mass is 230 g/mol. The Morgan fingerprint density at radius 1 is 1.41 bits per heavy atom. The minimum atomic E-state index is -0.980. The molecule has 2 aromatic rings. The van der Waals surface area contributed by atoms with Crippen LogP contribution in [0.4, 0.5) is 0 Å². The van der Waals surface area contributed by atoms with Crippen LogP contribution in [0.5, 0.6) is 0 Å². The number of aromatic nitrogens is 1. The Bertz CT molecular complexity index is 566. The summed E-state index contributed by atoms with van der Waals surface area (Å²) in [4.78, 5) is 15.1. The average Bonchev–Trinajstić information content (AvgIpc) is 2.29. The molecule has 1 aromatic heterocycles. The van der Waals surface area contributed by atoms with Gasteiger partial charge in [0.2, 0.25) is 0 Å². The summed E-state index contributed by atoms with van der Waals surface area (Å²) in [5.74, 6) is -0.980. The molecule has 0 aliphatic carbocycles. The fourth-order valence-electron chi connectivity index (χ4n) is 1.75. The highest BCUT2D eigenvalue weighted by molar-refractivity contribution is 5.80. The van der Waals surface area contributed by atoms with E-state index in [1.54, 1.807) is 0 Å². The molecule has 4 heteroatoms. The number of hydrogen-bond acceptors (Lipinski definition) is 3. The van der Waals surface area contributed by atoms with Crippen molar-refractivity contribution < 1.29 is 9.90 Å². The maximum atomic E-state index is 10.7. The minimum absolute atomic E-state index is 0.332. The number of aryl methyl sites for hydroxylation is 1. The zero-order valence-electron chi connectivity index (χ0n) is 9.55. The second-order valence-electron chi connectivity index (χ2n) is 4.13. The highest BCUT2D eigenvalue weighted by atomic mass is 16.4. The molecule has 0 aliphatic heterocycles. The summed E-state index contributed by atoms with van der Waals surface area (Å²) in [6, 6.07) is 8.76. The highest BCUT2D eigenvalue weighted by Gasteiger charge is 2.12. The first-order chi connectivity index (χ1) is 8.06. The zero-order chi connectivity index (χ0) is 12.4. The number of carboxylic acid groups (broad SMARTS) is 1. The molecule has 0 radical (unpaired) electrons. The lowest BCUT2D eigenvalue weighted by Crippen LogP contribution is -2.32. The van der Waals surface area contributed by atoms with E-state index in [1.807, 2.05) is 37.3 Å². The van der Waals surface area contributed by atoms with Gasteiger partial charge in [-0.15, -0.1) is 0 Å². The summed E-state index contributed by atoms with van der Waals surface area (Å²) >= 11 is 0. The third-order valence-corrected chi connectivity index (χ3v) is 2.67. The Labute approximate surface area is 99.1 Å². The molecule has 0 spiro atoms. The predicted molar refractivity (Wildman–Crippen MR) is 65.8 cm³/mol. The van der Waals surface area contributed by atoms with E-state index in [1.165, 1.54) is 0 Å². The normalized spacial score (nSPS) is 12.6. The van der Waals surface area contributed by atoms with Crippen LogP contribution in [-0.2, 0) is 11.2 Å². The van der Waals surface area contributed by atoms with Crippen molar-refractivity contribution >= 4 is 16.9 Å². The smallest absolute Gasteiger partial charge is 0.320 e. The van der Waals surface area contributed by atoms with Crippen molar-refractivity contribution in [2.45, 2.75) is 19.4 Å². The number of aliphatic carboxylic acids is 1. The molecule has 1 heterocycles. The van der Waals surface area contributed by atoms with E-state index in [9.17, 15) is 4.79 Å². The summed E-state index contributed by atoms with van der Waals surface area (Å²) in [6.45, 7) is 1.94. The van der Waals surface area contributed by atoms with Crippen LogP contribution in [0.2, 0.25) is 0 Å². The van der Waals surface area contributed by atoms with Crippen LogP contribution < -0.4 is 5.73 Å². The van der Waals surface area contributed by atoms with Crippen LogP contribution in [0.15, 0.2) is 30.3 Å². The SMILES string of the molecule is Cc1ccc2cc(C[C@H](N)C(=O)O)ccc2n1. The van der Waals surface area contributed by atoms with Gasteiger partial charge in [0.1, 0.15) is 6.04 Å². The number of pyridine rings is 1. The maximum absolute atomic E-state index is 10.7. The van der Waals surface area contributed by atoms with E-state index < -0.39 is 12.0 Å². The second-order valence-corrected chi connectivity index (χ2v) is 4.13. The Morgan fingerprint density at radius 2 is 2.18 bits per heavy atom. The fourth-order valence-corrected chi connectivity index (χ4v) is 1.75. The van der Waals surface area contributed by atoms with Gasteiger partial charge >= 0.3 is 5.97 Å². The number of carbonyl (C=O) groups is 1. The van der Waals surface area contributed by atoms with E-state index >= 15 is 0 Å². The molecule has 17 heavy (non-hydrogen) atoms.